The van der Waals surface area contributed by atoms with Crippen molar-refractivity contribution in [2.75, 3.05) is 0 Å². The maximum absolute atomic E-state index is 6.17. The number of nitrogens with one attached hydrogen (secondary N) is 2. The number of nitrogens with zero attached hydrogens (tertiary/aromatic N) is 2. The number of H-pyrrole nitrogens is 2. The predicted molar refractivity (Wildman–Crippen MR) is 96.2 cm³/mol. The standard InChI is InChI=1S/C14H10ClN.C2H3N3.H3P/c15-12-7-3-2-6-11(12)14-9-10-5-1-4-8-13(10)16-14;1-2-4-5-3-1;/h1-9,16H;1-2H,(H,3,4,5);1H3. The van der Waals surface area contributed by atoms with E-state index < -0.39 is 0 Å². The summed E-state index contributed by atoms with van der Waals surface area (Å²) in [7, 11) is 0. The van der Waals surface area contributed by atoms with Crippen molar-refractivity contribution < 1.29 is 0 Å². The molecule has 1 atom stereocenters. The molecule has 0 amide bonds. The largest absolute Gasteiger partial charge is 0.354 e. The molecule has 0 saturated heterocycles. The van der Waals surface area contributed by atoms with Crippen LogP contribution in [0.4, 0.5) is 0 Å². The van der Waals surface area contributed by atoms with Crippen LogP contribution in [0.25, 0.3) is 22.2 Å². The minimum Gasteiger partial charge on any atom is -0.354 e. The summed E-state index contributed by atoms with van der Waals surface area (Å²) in [4.78, 5) is 3.37. The van der Waals surface area contributed by atoms with E-state index in [1.807, 2.05) is 36.4 Å². The van der Waals surface area contributed by atoms with Gasteiger partial charge in [0.1, 0.15) is 0 Å². The number of halogens is 1. The fraction of sp³-hybridized carbons (Fsp3) is 0. The van der Waals surface area contributed by atoms with Crippen LogP contribution in [0.5, 0.6) is 0 Å². The highest BCUT2D eigenvalue weighted by Crippen LogP contribution is 2.29. The van der Waals surface area contributed by atoms with Crippen LogP contribution in [0, 0.1) is 0 Å². The molecule has 0 spiro atoms. The van der Waals surface area contributed by atoms with Gasteiger partial charge in [-0.15, -0.1) is 5.10 Å². The SMILES string of the molecule is Clc1ccccc1-c1cc2ccccc2[nH]1.P.c1c[nH]nn1. The molecule has 2 N–H and O–H groups in total. The first kappa shape index (κ1) is 16.2. The second-order valence-corrected chi connectivity index (χ2v) is 4.82. The van der Waals surface area contributed by atoms with E-state index >= 15 is 0 Å². The molecular weight excluding hydrogens is 315 g/mol. The van der Waals surface area contributed by atoms with Crippen LogP contribution in [-0.4, -0.2) is 20.4 Å². The summed E-state index contributed by atoms with van der Waals surface area (Å²) in [5.41, 5.74) is 3.24. The Labute approximate surface area is 136 Å². The number of aromatic amines is 2. The molecule has 4 rings (SSSR count). The third-order valence-corrected chi connectivity index (χ3v) is 3.35. The van der Waals surface area contributed by atoms with Crippen LogP contribution in [0.3, 0.4) is 0 Å². The number of hydrogen-bond donors (Lipinski definition) is 2. The molecular formula is C16H16ClN4P. The molecule has 0 radical (unpaired) electrons. The van der Waals surface area contributed by atoms with Gasteiger partial charge in [-0.05, 0) is 18.2 Å². The molecule has 4 aromatic rings. The van der Waals surface area contributed by atoms with E-state index in [4.69, 9.17) is 11.6 Å². The number of aromatic nitrogens is 4. The van der Waals surface area contributed by atoms with E-state index in [1.165, 1.54) is 5.39 Å². The summed E-state index contributed by atoms with van der Waals surface area (Å²) >= 11 is 6.17. The second-order valence-electron chi connectivity index (χ2n) is 4.41. The van der Waals surface area contributed by atoms with Gasteiger partial charge in [0.25, 0.3) is 0 Å². The van der Waals surface area contributed by atoms with E-state index in [1.54, 1.807) is 12.4 Å². The van der Waals surface area contributed by atoms with Crippen molar-refractivity contribution in [3.8, 4) is 11.3 Å². The lowest BCUT2D eigenvalue weighted by Gasteiger charge is -1.99. The fourth-order valence-corrected chi connectivity index (χ4v) is 2.30. The van der Waals surface area contributed by atoms with Gasteiger partial charge in [-0.3, -0.25) is 5.10 Å². The monoisotopic (exact) mass is 330 g/mol. The lowest BCUT2D eigenvalue weighted by atomic mass is 10.1. The maximum Gasteiger partial charge on any atom is 0.0690 e. The van der Waals surface area contributed by atoms with Gasteiger partial charge in [-0.25, -0.2) is 0 Å². The first-order valence-electron chi connectivity index (χ1n) is 6.47. The smallest absolute Gasteiger partial charge is 0.0690 e. The van der Waals surface area contributed by atoms with Gasteiger partial charge in [0.2, 0.25) is 0 Å². The highest BCUT2D eigenvalue weighted by atomic mass is 35.5. The zero-order chi connectivity index (χ0) is 14.5. The molecule has 4 nitrogen and oxygen atoms in total. The summed E-state index contributed by atoms with van der Waals surface area (Å²) in [5.74, 6) is 0. The molecule has 0 aliphatic heterocycles. The summed E-state index contributed by atoms with van der Waals surface area (Å²) in [6.45, 7) is 0. The molecule has 0 aliphatic rings. The number of para-hydroxylation sites is 1. The van der Waals surface area contributed by atoms with Gasteiger partial charge in [0, 0.05) is 33.4 Å². The first-order valence-corrected chi connectivity index (χ1v) is 6.85. The van der Waals surface area contributed by atoms with Gasteiger partial charge < -0.3 is 4.98 Å². The van der Waals surface area contributed by atoms with Crippen LogP contribution < -0.4 is 0 Å². The van der Waals surface area contributed by atoms with Crippen LogP contribution in [0.2, 0.25) is 5.02 Å². The third-order valence-electron chi connectivity index (χ3n) is 3.03. The highest BCUT2D eigenvalue weighted by molar-refractivity contribution is 6.92. The molecule has 6 heteroatoms. The lowest BCUT2D eigenvalue weighted by molar-refractivity contribution is 0.940. The fourth-order valence-electron chi connectivity index (χ4n) is 2.06. The molecule has 22 heavy (non-hydrogen) atoms. The molecule has 2 aromatic carbocycles. The maximum atomic E-state index is 6.17. The molecule has 0 fully saturated rings. The Morgan fingerprint density at radius 2 is 1.73 bits per heavy atom. The Hall–Kier alpha value is -2.16. The number of fused-ring (bicyclic) bond motifs is 1. The Balaban J connectivity index is 0.000000253. The van der Waals surface area contributed by atoms with Crippen molar-refractivity contribution in [3.05, 3.63) is 72.0 Å². The van der Waals surface area contributed by atoms with E-state index in [0.29, 0.717) is 0 Å². The van der Waals surface area contributed by atoms with Crippen molar-refractivity contribution in [1.29, 1.82) is 0 Å². The average Bonchev–Trinajstić information content (AvgIpc) is 3.20. The summed E-state index contributed by atoms with van der Waals surface area (Å²) in [6, 6.07) is 18.2. The minimum atomic E-state index is 0. The molecule has 0 saturated carbocycles. The lowest BCUT2D eigenvalue weighted by Crippen LogP contribution is -1.77. The van der Waals surface area contributed by atoms with Crippen molar-refractivity contribution >= 4 is 32.4 Å². The van der Waals surface area contributed by atoms with Gasteiger partial charge >= 0.3 is 0 Å². The average molecular weight is 331 g/mol. The summed E-state index contributed by atoms with van der Waals surface area (Å²) in [5, 5.41) is 11.2. The van der Waals surface area contributed by atoms with Crippen molar-refractivity contribution in [2.45, 2.75) is 0 Å². The Bertz CT molecular complexity index is 777. The molecule has 2 heterocycles. The Morgan fingerprint density at radius 3 is 2.36 bits per heavy atom. The predicted octanol–water partition coefficient (Wildman–Crippen LogP) is 4.35. The minimum absolute atomic E-state index is 0. The molecule has 2 aromatic heterocycles. The zero-order valence-electron chi connectivity index (χ0n) is 11.8. The first-order chi connectivity index (χ1) is 10.3. The van der Waals surface area contributed by atoms with Gasteiger partial charge in [-0.1, -0.05) is 53.2 Å². The van der Waals surface area contributed by atoms with Gasteiger partial charge in [0.05, 0.1) is 6.20 Å². The Morgan fingerprint density at radius 1 is 0.955 bits per heavy atom. The third kappa shape index (κ3) is 3.73. The van der Waals surface area contributed by atoms with Crippen LogP contribution in [0.1, 0.15) is 0 Å². The van der Waals surface area contributed by atoms with Crippen LogP contribution in [-0.2, 0) is 0 Å². The van der Waals surface area contributed by atoms with E-state index in [2.05, 4.69) is 38.6 Å². The second kappa shape index (κ2) is 7.74. The zero-order valence-corrected chi connectivity index (χ0v) is 14.0. The van der Waals surface area contributed by atoms with Gasteiger partial charge in [-0.2, -0.15) is 9.90 Å². The van der Waals surface area contributed by atoms with Crippen molar-refractivity contribution in [2.24, 2.45) is 0 Å². The molecule has 0 bridgehead atoms. The molecule has 112 valence electrons. The van der Waals surface area contributed by atoms with Crippen molar-refractivity contribution in [1.82, 2.24) is 20.4 Å². The topological polar surface area (TPSA) is 57.4 Å². The molecule has 1 unspecified atom stereocenters. The van der Waals surface area contributed by atoms with E-state index in [0.717, 1.165) is 21.8 Å². The van der Waals surface area contributed by atoms with E-state index in [9.17, 15) is 0 Å². The summed E-state index contributed by atoms with van der Waals surface area (Å²) < 4.78 is 0. The van der Waals surface area contributed by atoms with Crippen molar-refractivity contribution in [3.63, 3.8) is 0 Å². The van der Waals surface area contributed by atoms with Crippen LogP contribution >= 0.6 is 21.5 Å². The molecule has 0 aliphatic carbocycles. The van der Waals surface area contributed by atoms with Crippen LogP contribution in [0.15, 0.2) is 67.0 Å². The highest BCUT2D eigenvalue weighted by Gasteiger charge is 2.05. The summed E-state index contributed by atoms with van der Waals surface area (Å²) in [6.07, 6.45) is 3.24. The number of rotatable bonds is 1. The van der Waals surface area contributed by atoms with E-state index in [-0.39, 0.29) is 9.90 Å². The number of benzene rings is 2. The normalized spacial score (nSPS) is 9.68. The quantitative estimate of drug-likeness (QED) is 0.510. The Kier molecular flexibility index (Phi) is 5.70. The number of hydrogen-bond acceptors (Lipinski definition) is 2. The van der Waals surface area contributed by atoms with Gasteiger partial charge in [0.15, 0.2) is 0 Å².